The fourth-order valence-electron chi connectivity index (χ4n) is 2.76. The van der Waals surface area contributed by atoms with Gasteiger partial charge in [0.2, 0.25) is 0 Å². The van der Waals surface area contributed by atoms with Crippen LogP contribution in [-0.2, 0) is 5.41 Å². The number of hydrogen-bond donors (Lipinski definition) is 2. The van der Waals surface area contributed by atoms with Crippen LogP contribution in [0.3, 0.4) is 0 Å². The van der Waals surface area contributed by atoms with Gasteiger partial charge < -0.3 is 10.8 Å². The van der Waals surface area contributed by atoms with Gasteiger partial charge in [0.25, 0.3) is 0 Å². The van der Waals surface area contributed by atoms with Crippen LogP contribution in [0.5, 0.6) is 0 Å². The van der Waals surface area contributed by atoms with Gasteiger partial charge >= 0.3 is 0 Å². The highest BCUT2D eigenvalue weighted by Gasteiger charge is 2.43. The van der Waals surface area contributed by atoms with Gasteiger partial charge in [0.05, 0.1) is 11.6 Å². The lowest BCUT2D eigenvalue weighted by Crippen LogP contribution is -2.49. The van der Waals surface area contributed by atoms with E-state index in [0.29, 0.717) is 6.54 Å². The van der Waals surface area contributed by atoms with Crippen molar-refractivity contribution in [2.24, 2.45) is 5.73 Å². The molecule has 1 aliphatic rings. The SMILES string of the molecule is NCC1(c2ccc3cccnc3c2)CC(O)C1. The largest absolute Gasteiger partial charge is 0.393 e. The number of fused-ring (bicyclic) bond motifs is 1. The zero-order valence-electron chi connectivity index (χ0n) is 9.63. The van der Waals surface area contributed by atoms with Crippen molar-refractivity contribution in [3.05, 3.63) is 42.1 Å². The molecule has 0 atom stereocenters. The summed E-state index contributed by atoms with van der Waals surface area (Å²) in [6.45, 7) is 0.586. The Labute approximate surface area is 100 Å². The van der Waals surface area contributed by atoms with Crippen molar-refractivity contribution in [1.82, 2.24) is 4.98 Å². The van der Waals surface area contributed by atoms with E-state index in [9.17, 15) is 5.11 Å². The van der Waals surface area contributed by atoms with Crippen LogP contribution in [0.25, 0.3) is 10.9 Å². The van der Waals surface area contributed by atoms with Crippen LogP contribution in [-0.4, -0.2) is 22.7 Å². The summed E-state index contributed by atoms with van der Waals surface area (Å²) in [7, 11) is 0. The molecule has 2 aromatic rings. The summed E-state index contributed by atoms with van der Waals surface area (Å²) >= 11 is 0. The van der Waals surface area contributed by atoms with Gasteiger partial charge in [-0.05, 0) is 30.5 Å². The number of hydrogen-bond acceptors (Lipinski definition) is 3. The van der Waals surface area contributed by atoms with Crippen LogP contribution < -0.4 is 5.73 Å². The maximum atomic E-state index is 9.52. The third-order valence-electron chi connectivity index (χ3n) is 3.86. The molecule has 1 heterocycles. The lowest BCUT2D eigenvalue weighted by molar-refractivity contribution is 0.0222. The van der Waals surface area contributed by atoms with E-state index in [1.807, 2.05) is 6.07 Å². The van der Waals surface area contributed by atoms with E-state index in [0.717, 1.165) is 23.7 Å². The Bertz CT molecular complexity index is 547. The summed E-state index contributed by atoms with van der Waals surface area (Å²) in [5, 5.41) is 10.7. The van der Waals surface area contributed by atoms with Gasteiger partial charge in [-0.15, -0.1) is 0 Å². The Morgan fingerprint density at radius 2 is 2.18 bits per heavy atom. The van der Waals surface area contributed by atoms with Gasteiger partial charge in [0, 0.05) is 23.5 Å². The Hall–Kier alpha value is -1.45. The van der Waals surface area contributed by atoms with E-state index in [-0.39, 0.29) is 11.5 Å². The molecule has 1 aliphatic carbocycles. The van der Waals surface area contributed by atoms with Crippen molar-refractivity contribution >= 4 is 10.9 Å². The number of aliphatic hydroxyl groups excluding tert-OH is 1. The van der Waals surface area contributed by atoms with Crippen LogP contribution >= 0.6 is 0 Å². The molecule has 0 saturated heterocycles. The summed E-state index contributed by atoms with van der Waals surface area (Å²) in [5.74, 6) is 0. The lowest BCUT2D eigenvalue weighted by Gasteiger charge is -2.45. The van der Waals surface area contributed by atoms with E-state index in [4.69, 9.17) is 5.73 Å². The zero-order valence-corrected chi connectivity index (χ0v) is 9.63. The van der Waals surface area contributed by atoms with E-state index in [1.165, 1.54) is 5.56 Å². The molecule has 3 heteroatoms. The highest BCUT2D eigenvalue weighted by Crippen LogP contribution is 2.43. The summed E-state index contributed by atoms with van der Waals surface area (Å²) in [6.07, 6.45) is 3.14. The third-order valence-corrected chi connectivity index (χ3v) is 3.86. The quantitative estimate of drug-likeness (QED) is 0.820. The fourth-order valence-corrected chi connectivity index (χ4v) is 2.76. The Kier molecular flexibility index (Phi) is 2.38. The number of benzene rings is 1. The monoisotopic (exact) mass is 228 g/mol. The maximum absolute atomic E-state index is 9.52. The van der Waals surface area contributed by atoms with E-state index < -0.39 is 0 Å². The van der Waals surface area contributed by atoms with Crippen LogP contribution in [0.4, 0.5) is 0 Å². The number of aliphatic hydroxyl groups is 1. The minimum Gasteiger partial charge on any atom is -0.393 e. The van der Waals surface area contributed by atoms with Crippen molar-refractivity contribution in [2.45, 2.75) is 24.4 Å². The van der Waals surface area contributed by atoms with Crippen molar-refractivity contribution < 1.29 is 5.11 Å². The molecule has 88 valence electrons. The Morgan fingerprint density at radius 3 is 2.88 bits per heavy atom. The predicted molar refractivity (Wildman–Crippen MR) is 67.7 cm³/mol. The molecule has 1 aromatic carbocycles. The number of nitrogens with two attached hydrogens (primary N) is 1. The zero-order chi connectivity index (χ0) is 11.9. The Balaban J connectivity index is 2.06. The molecular weight excluding hydrogens is 212 g/mol. The molecule has 3 nitrogen and oxygen atoms in total. The summed E-state index contributed by atoms with van der Waals surface area (Å²) in [5.41, 5.74) is 8.04. The first-order valence-electron chi connectivity index (χ1n) is 5.97. The molecule has 0 unspecified atom stereocenters. The highest BCUT2D eigenvalue weighted by molar-refractivity contribution is 5.79. The lowest BCUT2D eigenvalue weighted by atomic mass is 9.62. The molecule has 0 bridgehead atoms. The standard InChI is InChI=1S/C14H16N2O/c15-9-14(7-12(17)8-14)11-4-3-10-2-1-5-16-13(10)6-11/h1-6,12,17H,7-9,15H2. The van der Waals surface area contributed by atoms with Crippen LogP contribution in [0.15, 0.2) is 36.5 Å². The Morgan fingerprint density at radius 1 is 1.35 bits per heavy atom. The predicted octanol–water partition coefficient (Wildman–Crippen LogP) is 1.59. The second kappa shape index (κ2) is 3.79. The van der Waals surface area contributed by atoms with Gasteiger partial charge in [-0.2, -0.15) is 0 Å². The van der Waals surface area contributed by atoms with E-state index >= 15 is 0 Å². The first-order valence-corrected chi connectivity index (χ1v) is 5.97. The molecule has 0 spiro atoms. The molecule has 0 amide bonds. The third kappa shape index (κ3) is 1.63. The molecule has 17 heavy (non-hydrogen) atoms. The normalized spacial score (nSPS) is 28.0. The second-order valence-corrected chi connectivity index (χ2v) is 4.96. The van der Waals surface area contributed by atoms with Crippen LogP contribution in [0, 0.1) is 0 Å². The second-order valence-electron chi connectivity index (χ2n) is 4.96. The average Bonchev–Trinajstić information content (AvgIpc) is 2.34. The summed E-state index contributed by atoms with van der Waals surface area (Å²) in [6, 6.07) is 10.3. The van der Waals surface area contributed by atoms with E-state index in [1.54, 1.807) is 6.20 Å². The number of pyridine rings is 1. The average molecular weight is 228 g/mol. The minimum atomic E-state index is -0.196. The molecule has 1 fully saturated rings. The topological polar surface area (TPSA) is 59.1 Å². The van der Waals surface area contributed by atoms with Crippen molar-refractivity contribution in [2.75, 3.05) is 6.54 Å². The van der Waals surface area contributed by atoms with Gasteiger partial charge in [-0.3, -0.25) is 4.98 Å². The van der Waals surface area contributed by atoms with Crippen molar-refractivity contribution in [1.29, 1.82) is 0 Å². The molecule has 1 saturated carbocycles. The van der Waals surface area contributed by atoms with Gasteiger partial charge in [0.15, 0.2) is 0 Å². The van der Waals surface area contributed by atoms with Crippen LogP contribution in [0.1, 0.15) is 18.4 Å². The molecular formula is C14H16N2O. The highest BCUT2D eigenvalue weighted by atomic mass is 16.3. The van der Waals surface area contributed by atoms with Gasteiger partial charge in [-0.25, -0.2) is 0 Å². The maximum Gasteiger partial charge on any atom is 0.0704 e. The first-order chi connectivity index (χ1) is 8.23. The fraction of sp³-hybridized carbons (Fsp3) is 0.357. The molecule has 0 aliphatic heterocycles. The number of aromatic nitrogens is 1. The van der Waals surface area contributed by atoms with Crippen molar-refractivity contribution in [3.8, 4) is 0 Å². The van der Waals surface area contributed by atoms with E-state index in [2.05, 4.69) is 29.2 Å². The minimum absolute atomic E-state index is 0.0366. The number of rotatable bonds is 2. The molecule has 0 radical (unpaired) electrons. The molecule has 3 rings (SSSR count). The van der Waals surface area contributed by atoms with Crippen molar-refractivity contribution in [3.63, 3.8) is 0 Å². The summed E-state index contributed by atoms with van der Waals surface area (Å²) in [4.78, 5) is 4.36. The number of nitrogens with zero attached hydrogens (tertiary/aromatic N) is 1. The molecule has 1 aromatic heterocycles. The molecule has 3 N–H and O–H groups in total. The van der Waals surface area contributed by atoms with Gasteiger partial charge in [0.1, 0.15) is 0 Å². The first kappa shape index (κ1) is 10.7. The smallest absolute Gasteiger partial charge is 0.0704 e. The van der Waals surface area contributed by atoms with Gasteiger partial charge in [-0.1, -0.05) is 18.2 Å². The van der Waals surface area contributed by atoms with Crippen LogP contribution in [0.2, 0.25) is 0 Å². The summed E-state index contributed by atoms with van der Waals surface area (Å²) < 4.78 is 0.